The predicted octanol–water partition coefficient (Wildman–Crippen LogP) is 2.19. The second-order valence-electron chi connectivity index (χ2n) is 7.49. The molecule has 0 bridgehead atoms. The van der Waals surface area contributed by atoms with Gasteiger partial charge in [0, 0.05) is 18.7 Å². The van der Waals surface area contributed by atoms with Crippen molar-refractivity contribution in [2.75, 3.05) is 13.7 Å². The summed E-state index contributed by atoms with van der Waals surface area (Å²) in [6.07, 6.45) is 2.04. The molecular weight excluding hydrogens is 358 g/mol. The number of aromatic nitrogens is 2. The third-order valence-electron chi connectivity index (χ3n) is 3.92. The summed E-state index contributed by atoms with van der Waals surface area (Å²) >= 11 is 0. The summed E-state index contributed by atoms with van der Waals surface area (Å²) in [4.78, 5) is 20.6. The highest BCUT2D eigenvalue weighted by Gasteiger charge is 2.26. The average Bonchev–Trinajstić information content (AvgIpc) is 2.63. The zero-order valence-corrected chi connectivity index (χ0v) is 16.8. The Balaban J connectivity index is 2.26. The van der Waals surface area contributed by atoms with Crippen LogP contribution in [0.3, 0.4) is 0 Å². The van der Waals surface area contributed by atoms with Crippen LogP contribution in [0.25, 0.3) is 11.0 Å². The molecule has 2 heterocycles. The first-order valence-electron chi connectivity index (χ1n) is 9.13. The van der Waals surface area contributed by atoms with Gasteiger partial charge in [0.05, 0.1) is 18.2 Å². The van der Waals surface area contributed by atoms with Crippen LogP contribution in [0.1, 0.15) is 45.6 Å². The van der Waals surface area contributed by atoms with Crippen LogP contribution in [0.15, 0.2) is 24.4 Å². The number of carbonyl (C=O) groups is 1. The molecule has 0 aliphatic carbocycles. The molecule has 2 aromatic rings. The van der Waals surface area contributed by atoms with Gasteiger partial charge < -0.3 is 20.3 Å². The molecule has 7 heteroatoms. The predicted molar refractivity (Wildman–Crippen MR) is 107 cm³/mol. The third-order valence-corrected chi connectivity index (χ3v) is 3.92. The van der Waals surface area contributed by atoms with E-state index in [0.717, 1.165) is 0 Å². The Bertz CT molecular complexity index is 896. The minimum atomic E-state index is -1.40. The number of esters is 1. The average molecular weight is 385 g/mol. The fourth-order valence-corrected chi connectivity index (χ4v) is 2.60. The van der Waals surface area contributed by atoms with Crippen molar-refractivity contribution < 1.29 is 19.4 Å². The van der Waals surface area contributed by atoms with Gasteiger partial charge in [-0.3, -0.25) is 9.78 Å². The van der Waals surface area contributed by atoms with Crippen molar-refractivity contribution in [1.82, 2.24) is 9.97 Å². The van der Waals surface area contributed by atoms with Crippen LogP contribution in [-0.2, 0) is 9.53 Å². The maximum absolute atomic E-state index is 12.0. The lowest BCUT2D eigenvalue weighted by molar-refractivity contribution is -0.155. The molecule has 1 atom stereocenters. The molecule has 1 unspecified atom stereocenters. The zero-order chi connectivity index (χ0) is 20.8. The first-order chi connectivity index (χ1) is 13.2. The Labute approximate surface area is 165 Å². The molecule has 0 spiro atoms. The van der Waals surface area contributed by atoms with Crippen LogP contribution >= 0.6 is 0 Å². The molecular formula is C21H27N3O4. The highest BCUT2D eigenvalue weighted by atomic mass is 16.6. The summed E-state index contributed by atoms with van der Waals surface area (Å²) in [6, 6.07) is 5.23. The Kier molecular flexibility index (Phi) is 6.95. The van der Waals surface area contributed by atoms with Crippen molar-refractivity contribution in [2.24, 2.45) is 5.73 Å². The summed E-state index contributed by atoms with van der Waals surface area (Å²) in [5.41, 5.74) is 5.52. The summed E-state index contributed by atoms with van der Waals surface area (Å²) in [7, 11) is 1.53. The maximum Gasteiger partial charge on any atom is 0.306 e. The van der Waals surface area contributed by atoms with E-state index in [1.54, 1.807) is 45.2 Å². The van der Waals surface area contributed by atoms with Crippen LogP contribution in [0, 0.1) is 11.8 Å². The lowest BCUT2D eigenvalue weighted by Gasteiger charge is -2.23. The Morgan fingerprint density at radius 1 is 1.25 bits per heavy atom. The van der Waals surface area contributed by atoms with Gasteiger partial charge in [0.25, 0.3) is 0 Å². The van der Waals surface area contributed by atoms with Crippen molar-refractivity contribution in [1.29, 1.82) is 0 Å². The highest BCUT2D eigenvalue weighted by Crippen LogP contribution is 2.21. The SMILES string of the molecule is COc1ccc2nccc(C#CC(O)(CCN)CCC(=O)OC(C)(C)C)c2n1. The first-order valence-corrected chi connectivity index (χ1v) is 9.13. The van der Waals surface area contributed by atoms with Crippen molar-refractivity contribution in [2.45, 2.75) is 51.2 Å². The van der Waals surface area contributed by atoms with E-state index in [1.165, 1.54) is 7.11 Å². The smallest absolute Gasteiger partial charge is 0.306 e. The van der Waals surface area contributed by atoms with Crippen LogP contribution in [0.5, 0.6) is 5.88 Å². The van der Waals surface area contributed by atoms with E-state index in [0.29, 0.717) is 22.5 Å². The van der Waals surface area contributed by atoms with Gasteiger partial charge in [-0.05, 0) is 52.3 Å². The molecule has 0 saturated heterocycles. The van der Waals surface area contributed by atoms with Gasteiger partial charge >= 0.3 is 5.97 Å². The first kappa shape index (κ1) is 21.6. The van der Waals surface area contributed by atoms with E-state index in [1.807, 2.05) is 0 Å². The fourth-order valence-electron chi connectivity index (χ4n) is 2.60. The molecule has 2 rings (SSSR count). The third kappa shape index (κ3) is 6.19. The molecule has 150 valence electrons. The number of aliphatic hydroxyl groups is 1. The fraction of sp³-hybridized carbons (Fsp3) is 0.476. The van der Waals surface area contributed by atoms with Crippen molar-refractivity contribution >= 4 is 17.0 Å². The molecule has 0 aliphatic heterocycles. The standard InChI is InChI=1S/C21H27N3O4/c1-20(2,3)28-18(25)8-11-21(26,12-13-22)10-7-15-9-14-23-16-5-6-17(27-4)24-19(15)16/h5-6,9,14,26H,8,11-13,22H2,1-4H3. The van der Waals surface area contributed by atoms with Crippen LogP contribution < -0.4 is 10.5 Å². The Morgan fingerprint density at radius 3 is 2.64 bits per heavy atom. The lowest BCUT2D eigenvalue weighted by Crippen LogP contribution is -2.32. The second-order valence-corrected chi connectivity index (χ2v) is 7.49. The minimum absolute atomic E-state index is 0.0472. The summed E-state index contributed by atoms with van der Waals surface area (Å²) in [6.45, 7) is 5.63. The van der Waals surface area contributed by atoms with E-state index in [2.05, 4.69) is 21.8 Å². The molecule has 7 nitrogen and oxygen atoms in total. The number of hydrogen-bond donors (Lipinski definition) is 2. The van der Waals surface area contributed by atoms with E-state index in [4.69, 9.17) is 15.2 Å². The molecule has 0 aliphatic rings. The number of nitrogens with zero attached hydrogens (tertiary/aromatic N) is 2. The summed E-state index contributed by atoms with van der Waals surface area (Å²) in [5, 5.41) is 10.9. The number of rotatable bonds is 6. The van der Waals surface area contributed by atoms with Gasteiger partial charge in [0.15, 0.2) is 0 Å². The molecule has 0 radical (unpaired) electrons. The molecule has 0 saturated carbocycles. The number of methoxy groups -OCH3 is 1. The van der Waals surface area contributed by atoms with Crippen molar-refractivity contribution in [3.63, 3.8) is 0 Å². The molecule has 0 fully saturated rings. The number of ether oxygens (including phenoxy) is 2. The zero-order valence-electron chi connectivity index (χ0n) is 16.8. The van der Waals surface area contributed by atoms with Crippen LogP contribution in [0.2, 0.25) is 0 Å². The van der Waals surface area contributed by atoms with E-state index in [-0.39, 0.29) is 31.8 Å². The number of hydrogen-bond acceptors (Lipinski definition) is 7. The normalized spacial score (nSPS) is 13.4. The number of nitrogens with two attached hydrogens (primary N) is 1. The van der Waals surface area contributed by atoms with Gasteiger partial charge in [0.2, 0.25) is 5.88 Å². The largest absolute Gasteiger partial charge is 0.481 e. The molecule has 0 amide bonds. The Morgan fingerprint density at radius 2 is 2.00 bits per heavy atom. The van der Waals surface area contributed by atoms with Gasteiger partial charge in [-0.25, -0.2) is 4.98 Å². The second kappa shape index (κ2) is 9.00. The van der Waals surface area contributed by atoms with E-state index in [9.17, 15) is 9.90 Å². The minimum Gasteiger partial charge on any atom is -0.481 e. The lowest BCUT2D eigenvalue weighted by atomic mass is 9.94. The summed E-state index contributed by atoms with van der Waals surface area (Å²) in [5.74, 6) is 5.91. The van der Waals surface area contributed by atoms with Gasteiger partial charge in [-0.1, -0.05) is 11.8 Å². The Hall–Kier alpha value is -2.69. The van der Waals surface area contributed by atoms with Crippen LogP contribution in [-0.4, -0.2) is 45.9 Å². The van der Waals surface area contributed by atoms with E-state index < -0.39 is 11.2 Å². The maximum atomic E-state index is 12.0. The van der Waals surface area contributed by atoms with E-state index >= 15 is 0 Å². The van der Waals surface area contributed by atoms with Gasteiger partial charge in [-0.2, -0.15) is 0 Å². The molecule has 3 N–H and O–H groups in total. The number of carbonyl (C=O) groups excluding carboxylic acids is 1. The molecule has 2 aromatic heterocycles. The van der Waals surface area contributed by atoms with Crippen molar-refractivity contribution in [3.8, 4) is 17.7 Å². The van der Waals surface area contributed by atoms with Gasteiger partial charge in [-0.15, -0.1) is 0 Å². The van der Waals surface area contributed by atoms with Crippen molar-refractivity contribution in [3.05, 3.63) is 30.0 Å². The topological polar surface area (TPSA) is 108 Å². The molecule has 28 heavy (non-hydrogen) atoms. The summed E-state index contributed by atoms with van der Waals surface area (Å²) < 4.78 is 10.5. The quantitative estimate of drug-likeness (QED) is 0.580. The molecule has 0 aromatic carbocycles. The van der Waals surface area contributed by atoms with Crippen LogP contribution in [0.4, 0.5) is 0 Å². The highest BCUT2D eigenvalue weighted by molar-refractivity contribution is 5.81. The number of pyridine rings is 2. The number of fused-ring (bicyclic) bond motifs is 1. The van der Waals surface area contributed by atoms with Gasteiger partial charge in [0.1, 0.15) is 16.7 Å². The monoisotopic (exact) mass is 385 g/mol.